The zero-order chi connectivity index (χ0) is 20.8. The second-order valence-corrected chi connectivity index (χ2v) is 7.17. The fraction of sp³-hybridized carbons (Fsp3) is 0.409. The van der Waals surface area contributed by atoms with Crippen molar-refractivity contribution in [3.8, 4) is 11.5 Å². The van der Waals surface area contributed by atoms with E-state index >= 15 is 0 Å². The highest BCUT2D eigenvalue weighted by Gasteiger charge is 2.23. The third-order valence-corrected chi connectivity index (χ3v) is 5.17. The van der Waals surface area contributed by atoms with Gasteiger partial charge in [0.05, 0.1) is 26.5 Å². The lowest BCUT2D eigenvalue weighted by Crippen LogP contribution is -2.51. The fourth-order valence-electron chi connectivity index (χ4n) is 3.57. The first kappa shape index (κ1) is 20.9. The summed E-state index contributed by atoms with van der Waals surface area (Å²) >= 11 is 0. The predicted octanol–water partition coefficient (Wildman–Crippen LogP) is 2.62. The van der Waals surface area contributed by atoms with Crippen molar-refractivity contribution < 1.29 is 18.7 Å². The number of rotatable bonds is 7. The molecule has 2 aromatic carbocycles. The minimum atomic E-state index is -0.222. The fourth-order valence-corrected chi connectivity index (χ4v) is 3.57. The highest BCUT2D eigenvalue weighted by molar-refractivity contribution is 5.78. The summed E-state index contributed by atoms with van der Waals surface area (Å²) in [5, 5.41) is 0. The molecule has 1 amide bonds. The number of carbonyl (C=O) groups excluding carboxylic acids is 1. The molecule has 0 radical (unpaired) electrons. The second kappa shape index (κ2) is 9.60. The van der Waals surface area contributed by atoms with E-state index in [0.29, 0.717) is 45.0 Å². The molecule has 0 spiro atoms. The summed E-state index contributed by atoms with van der Waals surface area (Å²) < 4.78 is 24.6. The molecular formula is C22H28FN3O3. The molecule has 0 unspecified atom stereocenters. The van der Waals surface area contributed by atoms with E-state index in [1.54, 1.807) is 26.4 Å². The lowest BCUT2D eigenvalue weighted by molar-refractivity contribution is -0.132. The number of halogens is 1. The van der Waals surface area contributed by atoms with Crippen LogP contribution in [0.25, 0.3) is 0 Å². The van der Waals surface area contributed by atoms with E-state index in [-0.39, 0.29) is 11.7 Å². The van der Waals surface area contributed by atoms with Crippen molar-refractivity contribution in [2.75, 3.05) is 58.9 Å². The normalized spacial score (nSPS) is 14.2. The van der Waals surface area contributed by atoms with Crippen molar-refractivity contribution >= 4 is 11.6 Å². The Labute approximate surface area is 171 Å². The highest BCUT2D eigenvalue weighted by atomic mass is 19.1. The number of likely N-dealkylation sites (N-methyl/N-ethyl adjacent to an activating group) is 1. The topological polar surface area (TPSA) is 45.2 Å². The van der Waals surface area contributed by atoms with Gasteiger partial charge in [0.2, 0.25) is 5.91 Å². The summed E-state index contributed by atoms with van der Waals surface area (Å²) in [4.78, 5) is 18.5. The van der Waals surface area contributed by atoms with Gasteiger partial charge in [-0.25, -0.2) is 4.39 Å². The monoisotopic (exact) mass is 401 g/mol. The zero-order valence-electron chi connectivity index (χ0n) is 17.2. The molecular weight excluding hydrogens is 373 g/mol. The van der Waals surface area contributed by atoms with Crippen molar-refractivity contribution in [3.05, 3.63) is 53.8 Å². The lowest BCUT2D eigenvalue weighted by Gasteiger charge is -2.36. The summed E-state index contributed by atoms with van der Waals surface area (Å²) in [5.41, 5.74) is 1.59. The van der Waals surface area contributed by atoms with Crippen LogP contribution >= 0.6 is 0 Å². The van der Waals surface area contributed by atoms with Crippen LogP contribution in [0.4, 0.5) is 10.1 Å². The molecule has 1 heterocycles. The van der Waals surface area contributed by atoms with Crippen molar-refractivity contribution in [3.63, 3.8) is 0 Å². The van der Waals surface area contributed by atoms with Crippen LogP contribution in [0, 0.1) is 5.82 Å². The Bertz CT molecular complexity index is 838. The van der Waals surface area contributed by atoms with E-state index in [1.165, 1.54) is 6.07 Å². The lowest BCUT2D eigenvalue weighted by atomic mass is 10.1. The average Bonchev–Trinajstić information content (AvgIpc) is 2.74. The van der Waals surface area contributed by atoms with Gasteiger partial charge in [-0.3, -0.25) is 9.69 Å². The maximum atomic E-state index is 14.0. The van der Waals surface area contributed by atoms with Crippen LogP contribution in [0.5, 0.6) is 11.5 Å². The Kier molecular flexibility index (Phi) is 6.93. The Morgan fingerprint density at radius 2 is 1.79 bits per heavy atom. The van der Waals surface area contributed by atoms with Gasteiger partial charge in [-0.1, -0.05) is 18.2 Å². The molecule has 0 aromatic heterocycles. The van der Waals surface area contributed by atoms with Crippen LogP contribution < -0.4 is 14.4 Å². The first-order valence-corrected chi connectivity index (χ1v) is 9.68. The number of para-hydroxylation sites is 1. The third-order valence-electron chi connectivity index (χ3n) is 5.17. The largest absolute Gasteiger partial charge is 0.497 e. The van der Waals surface area contributed by atoms with Crippen molar-refractivity contribution in [1.82, 2.24) is 9.80 Å². The molecule has 0 atom stereocenters. The van der Waals surface area contributed by atoms with E-state index in [9.17, 15) is 9.18 Å². The van der Waals surface area contributed by atoms with Gasteiger partial charge < -0.3 is 19.3 Å². The van der Waals surface area contributed by atoms with Gasteiger partial charge in [0.1, 0.15) is 17.3 Å². The van der Waals surface area contributed by atoms with Gasteiger partial charge in [-0.05, 0) is 25.2 Å². The number of hydrogen-bond acceptors (Lipinski definition) is 5. The smallest absolute Gasteiger partial charge is 0.236 e. The van der Waals surface area contributed by atoms with Crippen molar-refractivity contribution in [2.24, 2.45) is 0 Å². The quantitative estimate of drug-likeness (QED) is 0.714. The number of carbonyl (C=O) groups is 1. The van der Waals surface area contributed by atoms with Crippen molar-refractivity contribution in [1.29, 1.82) is 0 Å². The van der Waals surface area contributed by atoms with Gasteiger partial charge >= 0.3 is 0 Å². The van der Waals surface area contributed by atoms with E-state index in [2.05, 4.69) is 0 Å². The van der Waals surface area contributed by atoms with Crippen LogP contribution in [0.15, 0.2) is 42.5 Å². The van der Waals surface area contributed by atoms with Gasteiger partial charge in [0, 0.05) is 44.4 Å². The Hall–Kier alpha value is -2.80. The van der Waals surface area contributed by atoms with Crippen LogP contribution in [0.1, 0.15) is 5.56 Å². The summed E-state index contributed by atoms with van der Waals surface area (Å²) in [6.45, 7) is 3.34. The predicted molar refractivity (Wildman–Crippen MR) is 111 cm³/mol. The maximum Gasteiger partial charge on any atom is 0.236 e. The maximum absolute atomic E-state index is 14.0. The van der Waals surface area contributed by atoms with Crippen LogP contribution in [-0.4, -0.2) is 69.7 Å². The highest BCUT2D eigenvalue weighted by Crippen LogP contribution is 2.25. The average molecular weight is 401 g/mol. The molecule has 29 heavy (non-hydrogen) atoms. The van der Waals surface area contributed by atoms with Crippen molar-refractivity contribution in [2.45, 2.75) is 6.54 Å². The van der Waals surface area contributed by atoms with Gasteiger partial charge in [0.25, 0.3) is 0 Å². The van der Waals surface area contributed by atoms with Crippen LogP contribution in [-0.2, 0) is 11.3 Å². The zero-order valence-corrected chi connectivity index (χ0v) is 17.2. The number of amides is 1. The molecule has 3 rings (SSSR count). The third kappa shape index (κ3) is 5.17. The van der Waals surface area contributed by atoms with E-state index in [1.807, 2.05) is 46.0 Å². The molecule has 156 valence electrons. The molecule has 1 saturated heterocycles. The number of ether oxygens (including phenoxy) is 2. The van der Waals surface area contributed by atoms with E-state index in [4.69, 9.17) is 9.47 Å². The number of nitrogens with zero attached hydrogens (tertiary/aromatic N) is 3. The van der Waals surface area contributed by atoms with E-state index < -0.39 is 0 Å². The first-order valence-electron chi connectivity index (χ1n) is 9.68. The Morgan fingerprint density at radius 1 is 1.07 bits per heavy atom. The molecule has 7 heteroatoms. The van der Waals surface area contributed by atoms with Gasteiger partial charge in [-0.2, -0.15) is 0 Å². The second-order valence-electron chi connectivity index (χ2n) is 7.17. The summed E-state index contributed by atoms with van der Waals surface area (Å²) in [7, 11) is 5.15. The molecule has 0 bridgehead atoms. The number of hydrogen-bond donors (Lipinski definition) is 0. The Balaban J connectivity index is 1.53. The molecule has 6 nitrogen and oxygen atoms in total. The first-order chi connectivity index (χ1) is 14.0. The molecule has 0 saturated carbocycles. The molecule has 1 aliphatic heterocycles. The van der Waals surface area contributed by atoms with Crippen LogP contribution in [0.3, 0.4) is 0 Å². The Morgan fingerprint density at radius 3 is 2.45 bits per heavy atom. The minimum Gasteiger partial charge on any atom is -0.497 e. The number of piperazine rings is 1. The summed E-state index contributed by atoms with van der Waals surface area (Å²) in [5.74, 6) is 1.33. The standard InChI is InChI=1S/C22H28FN3O3/c1-24(15-17-8-9-18(28-2)14-21(17)29-3)16-22(27)26-12-10-25(11-13-26)20-7-5-4-6-19(20)23/h4-9,14H,10-13,15-16H2,1-3H3. The SMILES string of the molecule is COc1ccc(CN(C)CC(=O)N2CCN(c3ccccc3F)CC2)c(OC)c1. The number of anilines is 1. The molecule has 1 fully saturated rings. The molecule has 0 N–H and O–H groups in total. The van der Waals surface area contributed by atoms with Gasteiger partial charge in [-0.15, -0.1) is 0 Å². The molecule has 0 aliphatic carbocycles. The minimum absolute atomic E-state index is 0.0770. The molecule has 1 aliphatic rings. The molecule has 2 aromatic rings. The summed E-state index contributed by atoms with van der Waals surface area (Å²) in [6, 6.07) is 12.4. The van der Waals surface area contributed by atoms with E-state index in [0.717, 1.165) is 17.1 Å². The van der Waals surface area contributed by atoms with Gasteiger partial charge in [0.15, 0.2) is 0 Å². The number of methoxy groups -OCH3 is 2. The summed E-state index contributed by atoms with van der Waals surface area (Å²) in [6.07, 6.45) is 0. The number of benzene rings is 2. The van der Waals surface area contributed by atoms with Crippen LogP contribution in [0.2, 0.25) is 0 Å².